The Morgan fingerprint density at radius 2 is 1.59 bits per heavy atom. The summed E-state index contributed by atoms with van der Waals surface area (Å²) in [7, 11) is 3.10. The average molecular weight is 462 g/mol. The van der Waals surface area contributed by atoms with Gasteiger partial charge in [0.15, 0.2) is 11.5 Å². The van der Waals surface area contributed by atoms with Crippen molar-refractivity contribution in [3.8, 4) is 11.5 Å². The largest absolute Gasteiger partial charge is 0.493 e. The molecular formula is C21H20BrNO6. The third-order valence-corrected chi connectivity index (χ3v) is 5.35. The summed E-state index contributed by atoms with van der Waals surface area (Å²) in [5.74, 6) is 0.0199. The van der Waals surface area contributed by atoms with Crippen LogP contribution in [0.4, 0.5) is 0 Å². The second kappa shape index (κ2) is 9.09. The van der Waals surface area contributed by atoms with Gasteiger partial charge in [-0.3, -0.25) is 19.3 Å². The molecular weight excluding hydrogens is 442 g/mol. The SMILES string of the molecule is COc1cc(Br)c(CCC(=O)OCCN2C(=O)c3ccccc3C2=O)cc1OC. The van der Waals surface area contributed by atoms with Crippen LogP contribution in [-0.2, 0) is 16.0 Å². The summed E-state index contributed by atoms with van der Waals surface area (Å²) in [6.07, 6.45) is 0.586. The number of carbonyl (C=O) groups excluding carboxylic acids is 3. The number of halogens is 1. The van der Waals surface area contributed by atoms with Crippen LogP contribution in [0.5, 0.6) is 11.5 Å². The van der Waals surface area contributed by atoms with E-state index in [2.05, 4.69) is 15.9 Å². The van der Waals surface area contributed by atoms with Gasteiger partial charge < -0.3 is 14.2 Å². The maximum Gasteiger partial charge on any atom is 0.306 e. The van der Waals surface area contributed by atoms with Crippen LogP contribution < -0.4 is 9.47 Å². The fourth-order valence-electron chi connectivity index (χ4n) is 3.09. The number of ether oxygens (including phenoxy) is 3. The smallest absolute Gasteiger partial charge is 0.306 e. The lowest BCUT2D eigenvalue weighted by Crippen LogP contribution is -2.33. The summed E-state index contributed by atoms with van der Waals surface area (Å²) >= 11 is 3.46. The minimum absolute atomic E-state index is 0.0259. The molecule has 0 fully saturated rings. The van der Waals surface area contributed by atoms with E-state index in [0.29, 0.717) is 29.0 Å². The van der Waals surface area contributed by atoms with E-state index >= 15 is 0 Å². The first-order chi connectivity index (χ1) is 14.0. The highest BCUT2D eigenvalue weighted by Gasteiger charge is 2.34. The number of fused-ring (bicyclic) bond motifs is 1. The molecule has 0 bridgehead atoms. The standard InChI is InChI=1S/C21H20BrNO6/c1-27-17-11-13(16(22)12-18(17)28-2)7-8-19(24)29-10-9-23-20(25)14-5-3-4-6-15(14)21(23)26/h3-6,11-12H,7-10H2,1-2H3. The first-order valence-electron chi connectivity index (χ1n) is 8.97. The molecule has 7 nitrogen and oxygen atoms in total. The average Bonchev–Trinajstić information content (AvgIpc) is 2.97. The predicted octanol–water partition coefficient (Wildman–Crippen LogP) is 3.24. The van der Waals surface area contributed by atoms with E-state index in [9.17, 15) is 14.4 Å². The first kappa shape index (κ1) is 20.9. The van der Waals surface area contributed by atoms with E-state index in [0.717, 1.165) is 14.9 Å². The van der Waals surface area contributed by atoms with Gasteiger partial charge in [-0.15, -0.1) is 0 Å². The van der Waals surface area contributed by atoms with E-state index in [1.54, 1.807) is 50.6 Å². The fourth-order valence-corrected chi connectivity index (χ4v) is 3.61. The lowest BCUT2D eigenvalue weighted by atomic mass is 10.1. The molecule has 8 heteroatoms. The Kier molecular flexibility index (Phi) is 6.53. The van der Waals surface area contributed by atoms with Crippen molar-refractivity contribution >= 4 is 33.7 Å². The molecule has 0 radical (unpaired) electrons. The molecule has 0 aromatic heterocycles. The molecule has 0 unspecified atom stereocenters. The number of carbonyl (C=O) groups is 3. The van der Waals surface area contributed by atoms with Gasteiger partial charge in [0.25, 0.3) is 11.8 Å². The van der Waals surface area contributed by atoms with Crippen LogP contribution in [0.3, 0.4) is 0 Å². The summed E-state index contributed by atoms with van der Waals surface area (Å²) in [6.45, 7) is -0.0183. The molecule has 152 valence electrons. The Hall–Kier alpha value is -2.87. The lowest BCUT2D eigenvalue weighted by Gasteiger charge is -2.14. The number of aryl methyl sites for hydroxylation is 1. The van der Waals surface area contributed by atoms with Crippen LogP contribution in [0, 0.1) is 0 Å². The van der Waals surface area contributed by atoms with Gasteiger partial charge in [-0.1, -0.05) is 28.1 Å². The van der Waals surface area contributed by atoms with Crippen LogP contribution in [0.25, 0.3) is 0 Å². The van der Waals surface area contributed by atoms with Crippen molar-refractivity contribution in [3.05, 3.63) is 57.6 Å². The molecule has 0 saturated carbocycles. The number of amides is 2. The zero-order valence-corrected chi connectivity index (χ0v) is 17.7. The van der Waals surface area contributed by atoms with Crippen molar-refractivity contribution in [2.45, 2.75) is 12.8 Å². The van der Waals surface area contributed by atoms with Gasteiger partial charge in [0.2, 0.25) is 0 Å². The summed E-state index contributed by atoms with van der Waals surface area (Å²) < 4.78 is 16.5. The Balaban J connectivity index is 1.50. The van der Waals surface area contributed by atoms with Crippen molar-refractivity contribution in [3.63, 3.8) is 0 Å². The number of benzene rings is 2. The Labute approximate surface area is 176 Å². The van der Waals surface area contributed by atoms with Crippen LogP contribution in [0.15, 0.2) is 40.9 Å². The molecule has 1 aliphatic heterocycles. The van der Waals surface area contributed by atoms with Gasteiger partial charge >= 0.3 is 5.97 Å². The molecule has 2 amide bonds. The number of hydrogen-bond donors (Lipinski definition) is 0. The summed E-state index contributed by atoms with van der Waals surface area (Å²) in [4.78, 5) is 37.7. The molecule has 0 saturated heterocycles. The lowest BCUT2D eigenvalue weighted by molar-refractivity contribution is -0.143. The third kappa shape index (κ3) is 4.42. The number of hydrogen-bond acceptors (Lipinski definition) is 6. The number of imide groups is 1. The Morgan fingerprint density at radius 3 is 2.17 bits per heavy atom. The van der Waals surface area contributed by atoms with Crippen molar-refractivity contribution in [2.24, 2.45) is 0 Å². The molecule has 1 heterocycles. The fraction of sp³-hybridized carbons (Fsp3) is 0.286. The van der Waals surface area contributed by atoms with Crippen molar-refractivity contribution in [2.75, 3.05) is 27.4 Å². The zero-order valence-electron chi connectivity index (χ0n) is 16.1. The predicted molar refractivity (Wildman–Crippen MR) is 108 cm³/mol. The number of nitrogens with zero attached hydrogens (tertiary/aromatic N) is 1. The van der Waals surface area contributed by atoms with E-state index in [1.165, 1.54) is 0 Å². The summed E-state index contributed by atoms with van der Waals surface area (Å²) in [5, 5.41) is 0. The topological polar surface area (TPSA) is 82.1 Å². The molecule has 1 aliphatic rings. The first-order valence-corrected chi connectivity index (χ1v) is 9.76. The van der Waals surface area contributed by atoms with E-state index in [-0.39, 0.29) is 31.4 Å². The zero-order chi connectivity index (χ0) is 21.0. The normalized spacial score (nSPS) is 12.7. The van der Waals surface area contributed by atoms with Crippen LogP contribution in [0.1, 0.15) is 32.7 Å². The second-order valence-corrected chi connectivity index (χ2v) is 7.18. The number of esters is 1. The van der Waals surface area contributed by atoms with E-state index in [1.807, 2.05) is 0 Å². The van der Waals surface area contributed by atoms with Gasteiger partial charge in [-0.25, -0.2) is 0 Å². The molecule has 0 spiro atoms. The molecule has 2 aromatic rings. The van der Waals surface area contributed by atoms with Crippen LogP contribution in [0.2, 0.25) is 0 Å². The maximum atomic E-state index is 12.3. The number of rotatable bonds is 8. The maximum absolute atomic E-state index is 12.3. The van der Waals surface area contributed by atoms with Gasteiger partial charge in [0, 0.05) is 10.9 Å². The van der Waals surface area contributed by atoms with Crippen LogP contribution in [-0.4, -0.2) is 50.1 Å². The molecule has 0 N–H and O–H groups in total. The Bertz CT molecular complexity index is 923. The van der Waals surface area contributed by atoms with Gasteiger partial charge in [-0.2, -0.15) is 0 Å². The molecule has 0 aliphatic carbocycles. The molecule has 3 rings (SSSR count). The van der Waals surface area contributed by atoms with Gasteiger partial charge in [-0.05, 0) is 36.2 Å². The third-order valence-electron chi connectivity index (χ3n) is 4.61. The van der Waals surface area contributed by atoms with Crippen LogP contribution >= 0.6 is 15.9 Å². The summed E-state index contributed by atoms with van der Waals surface area (Å²) in [6, 6.07) is 10.2. The highest BCUT2D eigenvalue weighted by molar-refractivity contribution is 9.10. The van der Waals surface area contributed by atoms with Gasteiger partial charge in [0.1, 0.15) is 6.61 Å². The highest BCUT2D eigenvalue weighted by Crippen LogP contribution is 2.33. The monoisotopic (exact) mass is 461 g/mol. The Morgan fingerprint density at radius 1 is 1.00 bits per heavy atom. The molecule has 0 atom stereocenters. The van der Waals surface area contributed by atoms with Gasteiger partial charge in [0.05, 0.1) is 31.9 Å². The minimum Gasteiger partial charge on any atom is -0.493 e. The van der Waals surface area contributed by atoms with Crippen molar-refractivity contribution < 1.29 is 28.6 Å². The summed E-state index contributed by atoms with van der Waals surface area (Å²) in [5.41, 5.74) is 1.63. The van der Waals surface area contributed by atoms with E-state index in [4.69, 9.17) is 14.2 Å². The second-order valence-electron chi connectivity index (χ2n) is 6.33. The highest BCUT2D eigenvalue weighted by atomic mass is 79.9. The minimum atomic E-state index is -0.414. The van der Waals surface area contributed by atoms with Crippen molar-refractivity contribution in [1.82, 2.24) is 4.90 Å². The quantitative estimate of drug-likeness (QED) is 0.443. The number of methoxy groups -OCH3 is 2. The molecule has 2 aromatic carbocycles. The van der Waals surface area contributed by atoms with Crippen molar-refractivity contribution in [1.29, 1.82) is 0 Å². The van der Waals surface area contributed by atoms with E-state index < -0.39 is 5.97 Å². The molecule has 29 heavy (non-hydrogen) atoms.